The van der Waals surface area contributed by atoms with E-state index in [9.17, 15) is 24.4 Å². The number of hydrogen-bond donors (Lipinski definition) is 3. The molecular formula is C20H18BN3O5. The van der Waals surface area contributed by atoms with Crippen LogP contribution in [0.3, 0.4) is 0 Å². The average molecular weight is 391 g/mol. The highest BCUT2D eigenvalue weighted by Gasteiger charge is 2.23. The Morgan fingerprint density at radius 2 is 1.97 bits per heavy atom. The molecule has 29 heavy (non-hydrogen) atoms. The minimum Gasteiger partial charge on any atom is -0.423 e. The van der Waals surface area contributed by atoms with Gasteiger partial charge in [-0.1, -0.05) is 18.2 Å². The third kappa shape index (κ3) is 3.41. The topological polar surface area (TPSA) is 116 Å². The molecule has 4 rings (SSSR count). The van der Waals surface area contributed by atoms with Crippen LogP contribution in [-0.4, -0.2) is 56.9 Å². The zero-order chi connectivity index (χ0) is 20.5. The van der Waals surface area contributed by atoms with E-state index in [0.29, 0.717) is 25.8 Å². The van der Waals surface area contributed by atoms with Crippen molar-refractivity contribution in [1.82, 2.24) is 14.5 Å². The Kier molecular flexibility index (Phi) is 4.91. The first kappa shape index (κ1) is 18.9. The van der Waals surface area contributed by atoms with Crippen LogP contribution in [0, 0.1) is 0 Å². The molecule has 0 saturated heterocycles. The second kappa shape index (κ2) is 7.54. The van der Waals surface area contributed by atoms with Crippen LogP contribution >= 0.6 is 0 Å². The Morgan fingerprint density at radius 3 is 2.66 bits per heavy atom. The van der Waals surface area contributed by atoms with Crippen LogP contribution in [0.2, 0.25) is 0 Å². The first-order valence-corrected chi connectivity index (χ1v) is 9.13. The normalized spacial score (nSPS) is 14.0. The number of aromatic nitrogens is 2. The summed E-state index contributed by atoms with van der Waals surface area (Å²) in [7, 11) is -1.78. The van der Waals surface area contributed by atoms with Crippen molar-refractivity contribution in [1.29, 1.82) is 0 Å². The first-order chi connectivity index (χ1) is 14.0. The number of hydrogen-bond acceptors (Lipinski definition) is 5. The Labute approximate surface area is 165 Å². The number of carbonyl (C=O) groups excluding carboxylic acids is 2. The van der Waals surface area contributed by atoms with Crippen LogP contribution < -0.4 is 11.2 Å². The highest BCUT2D eigenvalue weighted by atomic mass is 16.4. The number of amides is 1. The van der Waals surface area contributed by atoms with E-state index in [4.69, 9.17) is 0 Å². The first-order valence-electron chi connectivity index (χ1n) is 9.13. The standard InChI is InChI=1S/C20H18BN3O5/c25-12-14-11-13(5-6-16(14)21(28)29)19(26)23-9-7-15(8-10-23)24-18-4-2-1-3-17(18)22-20(24)27/h1-7,11-12,28-29H,8-10H2,(H,22,27). The fraction of sp³-hybridized carbons (Fsp3) is 0.150. The van der Waals surface area contributed by atoms with Gasteiger partial charge >= 0.3 is 12.8 Å². The number of H-pyrrole nitrogens is 1. The van der Waals surface area contributed by atoms with Crippen molar-refractivity contribution in [3.05, 3.63) is 70.2 Å². The SMILES string of the molecule is O=Cc1cc(C(=O)N2CC=C(n3c(=O)[nH]c4ccccc43)CC2)ccc1B(O)O. The van der Waals surface area contributed by atoms with Gasteiger partial charge < -0.3 is 19.9 Å². The van der Waals surface area contributed by atoms with Crippen LogP contribution in [-0.2, 0) is 0 Å². The highest BCUT2D eigenvalue weighted by Crippen LogP contribution is 2.21. The molecule has 0 unspecified atom stereocenters. The van der Waals surface area contributed by atoms with Crippen molar-refractivity contribution in [3.63, 3.8) is 0 Å². The lowest BCUT2D eigenvalue weighted by molar-refractivity contribution is 0.0772. The van der Waals surface area contributed by atoms with Gasteiger partial charge in [0.1, 0.15) is 6.29 Å². The molecule has 1 aliphatic rings. The lowest BCUT2D eigenvalue weighted by atomic mass is 9.77. The van der Waals surface area contributed by atoms with Crippen molar-refractivity contribution in [3.8, 4) is 0 Å². The maximum Gasteiger partial charge on any atom is 0.489 e. The molecule has 0 bridgehead atoms. The van der Waals surface area contributed by atoms with Gasteiger partial charge in [-0.05, 0) is 35.8 Å². The number of fused-ring (bicyclic) bond motifs is 1. The minimum atomic E-state index is -1.78. The molecule has 0 spiro atoms. The fourth-order valence-corrected chi connectivity index (χ4v) is 3.61. The van der Waals surface area contributed by atoms with Gasteiger partial charge in [-0.2, -0.15) is 0 Å². The molecule has 2 aromatic carbocycles. The third-order valence-corrected chi connectivity index (χ3v) is 5.09. The van der Waals surface area contributed by atoms with Crippen LogP contribution in [0.4, 0.5) is 0 Å². The molecule has 146 valence electrons. The van der Waals surface area contributed by atoms with Gasteiger partial charge in [-0.3, -0.25) is 14.2 Å². The summed E-state index contributed by atoms with van der Waals surface area (Å²) in [4.78, 5) is 40.8. The second-order valence-electron chi connectivity index (χ2n) is 6.81. The summed E-state index contributed by atoms with van der Waals surface area (Å²) in [6.45, 7) is 0.734. The predicted molar refractivity (Wildman–Crippen MR) is 109 cm³/mol. The third-order valence-electron chi connectivity index (χ3n) is 5.09. The number of aromatic amines is 1. The average Bonchev–Trinajstić information content (AvgIpc) is 3.08. The van der Waals surface area contributed by atoms with E-state index in [1.165, 1.54) is 18.2 Å². The summed E-state index contributed by atoms with van der Waals surface area (Å²) in [6, 6.07) is 11.6. The van der Waals surface area contributed by atoms with Gasteiger partial charge in [-0.15, -0.1) is 0 Å². The van der Waals surface area contributed by atoms with Gasteiger partial charge in [-0.25, -0.2) is 4.79 Å². The lowest BCUT2D eigenvalue weighted by Crippen LogP contribution is -2.37. The van der Waals surface area contributed by atoms with E-state index in [0.717, 1.165) is 16.7 Å². The Bertz CT molecular complexity index is 1190. The molecule has 0 radical (unpaired) electrons. The van der Waals surface area contributed by atoms with Crippen LogP contribution in [0.25, 0.3) is 16.7 Å². The Balaban J connectivity index is 1.58. The number of aldehydes is 1. The van der Waals surface area contributed by atoms with Gasteiger partial charge in [0, 0.05) is 36.3 Å². The van der Waals surface area contributed by atoms with E-state index in [-0.39, 0.29) is 28.2 Å². The van der Waals surface area contributed by atoms with Crippen LogP contribution in [0.1, 0.15) is 27.1 Å². The zero-order valence-corrected chi connectivity index (χ0v) is 15.4. The van der Waals surface area contributed by atoms with Crippen LogP contribution in [0.15, 0.2) is 53.3 Å². The molecule has 3 N–H and O–H groups in total. The summed E-state index contributed by atoms with van der Waals surface area (Å²) >= 11 is 0. The molecular weight excluding hydrogens is 373 g/mol. The number of rotatable bonds is 4. The number of carbonyl (C=O) groups is 2. The van der Waals surface area contributed by atoms with Crippen LogP contribution in [0.5, 0.6) is 0 Å². The fourth-order valence-electron chi connectivity index (χ4n) is 3.61. The van der Waals surface area contributed by atoms with Crippen molar-refractivity contribution >= 4 is 41.5 Å². The summed E-state index contributed by atoms with van der Waals surface area (Å²) in [6.07, 6.45) is 2.83. The molecule has 0 fully saturated rings. The van der Waals surface area contributed by atoms with Crippen molar-refractivity contribution in [2.45, 2.75) is 6.42 Å². The van der Waals surface area contributed by atoms with Gasteiger partial charge in [0.15, 0.2) is 0 Å². The van der Waals surface area contributed by atoms with E-state index >= 15 is 0 Å². The van der Waals surface area contributed by atoms with Crippen molar-refractivity contribution in [2.24, 2.45) is 0 Å². The molecule has 1 aromatic heterocycles. The smallest absolute Gasteiger partial charge is 0.423 e. The van der Waals surface area contributed by atoms with E-state index in [1.807, 2.05) is 30.3 Å². The molecule has 3 aromatic rings. The zero-order valence-electron chi connectivity index (χ0n) is 15.4. The Morgan fingerprint density at radius 1 is 1.17 bits per heavy atom. The summed E-state index contributed by atoms with van der Waals surface area (Å²) in [5.41, 5.74) is 2.55. The van der Waals surface area contributed by atoms with E-state index < -0.39 is 7.12 Å². The molecule has 0 saturated carbocycles. The van der Waals surface area contributed by atoms with Gasteiger partial charge in [0.2, 0.25) is 0 Å². The highest BCUT2D eigenvalue weighted by molar-refractivity contribution is 6.60. The lowest BCUT2D eigenvalue weighted by Gasteiger charge is -2.27. The Hall–Kier alpha value is -3.43. The summed E-state index contributed by atoms with van der Waals surface area (Å²) in [5.74, 6) is -0.270. The largest absolute Gasteiger partial charge is 0.489 e. The number of para-hydroxylation sites is 2. The molecule has 0 aliphatic carbocycles. The van der Waals surface area contributed by atoms with Gasteiger partial charge in [0.25, 0.3) is 5.91 Å². The molecule has 0 atom stereocenters. The number of nitrogens with one attached hydrogen (secondary N) is 1. The molecule has 1 aliphatic heterocycles. The summed E-state index contributed by atoms with van der Waals surface area (Å²) < 4.78 is 1.62. The second-order valence-corrected chi connectivity index (χ2v) is 6.81. The number of nitrogens with zero attached hydrogens (tertiary/aromatic N) is 2. The van der Waals surface area contributed by atoms with Crippen molar-refractivity contribution < 1.29 is 19.6 Å². The monoisotopic (exact) mass is 391 g/mol. The molecule has 9 heteroatoms. The predicted octanol–water partition coefficient (Wildman–Crippen LogP) is 0.209. The minimum absolute atomic E-state index is 0.0519. The molecule has 2 heterocycles. The number of imidazole rings is 1. The molecule has 8 nitrogen and oxygen atoms in total. The van der Waals surface area contributed by atoms with Gasteiger partial charge in [0.05, 0.1) is 11.0 Å². The maximum absolute atomic E-state index is 12.8. The van der Waals surface area contributed by atoms with E-state index in [2.05, 4.69) is 4.98 Å². The van der Waals surface area contributed by atoms with E-state index in [1.54, 1.807) is 9.47 Å². The quantitative estimate of drug-likeness (QED) is 0.435. The number of benzene rings is 2. The summed E-state index contributed by atoms with van der Waals surface area (Å²) in [5, 5.41) is 18.6. The molecule has 1 amide bonds. The maximum atomic E-state index is 12.8. The van der Waals surface area contributed by atoms with Crippen molar-refractivity contribution in [2.75, 3.05) is 13.1 Å².